The molecule has 174 valence electrons. The molecule has 1 unspecified atom stereocenters. The lowest BCUT2D eigenvalue weighted by atomic mass is 9.93. The van der Waals surface area contributed by atoms with Gasteiger partial charge in [0.15, 0.2) is 0 Å². The molecule has 1 aromatic carbocycles. The van der Waals surface area contributed by atoms with Crippen LogP contribution in [-0.4, -0.2) is 22.1 Å². The molecule has 6 nitrogen and oxygen atoms in total. The summed E-state index contributed by atoms with van der Waals surface area (Å²) in [7, 11) is 0. The van der Waals surface area contributed by atoms with E-state index < -0.39 is 11.7 Å². The maximum atomic E-state index is 13.2. The maximum Gasteiger partial charge on any atom is 0.416 e. The topological polar surface area (TPSA) is 99.0 Å². The van der Waals surface area contributed by atoms with E-state index >= 15 is 0 Å². The van der Waals surface area contributed by atoms with Crippen molar-refractivity contribution in [2.45, 2.75) is 38.0 Å². The van der Waals surface area contributed by atoms with Crippen LogP contribution in [0.1, 0.15) is 28.0 Å². The number of hydrogen-bond acceptors (Lipinski definition) is 6. The largest absolute Gasteiger partial charge is 0.416 e. The van der Waals surface area contributed by atoms with E-state index in [-0.39, 0.29) is 18.1 Å². The molecule has 1 aliphatic carbocycles. The molecule has 33 heavy (non-hydrogen) atoms. The van der Waals surface area contributed by atoms with Crippen LogP contribution in [0, 0.1) is 0 Å². The summed E-state index contributed by atoms with van der Waals surface area (Å²) >= 11 is 1.50. The van der Waals surface area contributed by atoms with Crippen LogP contribution in [0.5, 0.6) is 0 Å². The lowest BCUT2D eigenvalue weighted by Crippen LogP contribution is -2.35. The van der Waals surface area contributed by atoms with Crippen LogP contribution in [0.4, 0.5) is 13.2 Å². The molecular weight excluding hydrogens is 451 g/mol. The van der Waals surface area contributed by atoms with Gasteiger partial charge in [-0.1, -0.05) is 12.1 Å². The number of alkyl halides is 3. The summed E-state index contributed by atoms with van der Waals surface area (Å²) in [4.78, 5) is 19.4. The fourth-order valence-electron chi connectivity index (χ4n) is 4.09. The summed E-state index contributed by atoms with van der Waals surface area (Å²) in [6.07, 6.45) is 4.05. The number of thiophene rings is 1. The van der Waals surface area contributed by atoms with E-state index in [0.29, 0.717) is 22.3 Å². The Morgan fingerprint density at radius 1 is 1.33 bits per heavy atom. The van der Waals surface area contributed by atoms with Gasteiger partial charge in [-0.3, -0.25) is 9.36 Å². The van der Waals surface area contributed by atoms with Crippen molar-refractivity contribution in [3.8, 4) is 0 Å². The maximum absolute atomic E-state index is 13.2. The molecule has 4 rings (SSSR count). The van der Waals surface area contributed by atoms with Gasteiger partial charge in [-0.25, -0.2) is 4.98 Å². The lowest BCUT2D eigenvalue weighted by molar-refractivity contribution is -0.137. The summed E-state index contributed by atoms with van der Waals surface area (Å²) < 4.78 is 40.5. The van der Waals surface area contributed by atoms with Gasteiger partial charge in [0.25, 0.3) is 5.56 Å². The van der Waals surface area contributed by atoms with Crippen LogP contribution >= 0.6 is 11.3 Å². The molecular formula is C23H24F3N5OS. The van der Waals surface area contributed by atoms with Crippen LogP contribution in [0.2, 0.25) is 0 Å². The van der Waals surface area contributed by atoms with Crippen molar-refractivity contribution < 1.29 is 13.2 Å². The second-order valence-electron chi connectivity index (χ2n) is 7.98. The van der Waals surface area contributed by atoms with Crippen molar-refractivity contribution >= 4 is 21.6 Å². The fourth-order valence-corrected chi connectivity index (χ4v) is 5.35. The Hall–Kier alpha value is -3.11. The number of fused-ring (bicyclic) bond motifs is 3. The first-order valence-corrected chi connectivity index (χ1v) is 11.3. The van der Waals surface area contributed by atoms with Gasteiger partial charge in [-0.05, 0) is 66.6 Å². The average molecular weight is 476 g/mol. The second kappa shape index (κ2) is 9.40. The second-order valence-corrected chi connectivity index (χ2v) is 9.06. The molecule has 1 atom stereocenters. The Morgan fingerprint density at radius 3 is 2.88 bits per heavy atom. The molecule has 3 aromatic rings. The van der Waals surface area contributed by atoms with Crippen molar-refractivity contribution in [2.24, 2.45) is 11.5 Å². The van der Waals surface area contributed by atoms with Crippen LogP contribution in [0.3, 0.4) is 0 Å². The van der Waals surface area contributed by atoms with E-state index in [0.717, 1.165) is 47.4 Å². The highest BCUT2D eigenvalue weighted by atomic mass is 32.1. The molecule has 0 fully saturated rings. The predicted octanol–water partition coefficient (Wildman–Crippen LogP) is 3.29. The zero-order valence-electron chi connectivity index (χ0n) is 17.7. The standard InChI is InChI=1S/C23H24F3N5OS/c24-23(25,26)16-3-1-2-14(8-16)12-31-13-30-21-20(22(31)32)18-5-4-17(9-19(18)33-21)29-11-15(10-28)6-7-27/h1-3,6-8,10,13,17,29H,4-5,9,11-12,27-28H2/b7-6-,15-10+. The molecule has 2 heterocycles. The molecule has 0 aliphatic heterocycles. The molecule has 1 aliphatic rings. The van der Waals surface area contributed by atoms with Gasteiger partial charge in [0, 0.05) is 17.5 Å². The SMILES string of the molecule is N/C=C\C(=C/N)CNC1CCc2c(sc3ncn(Cc4cccc(C(F)(F)F)c4)c(=O)c23)C1. The minimum absolute atomic E-state index is 0.0311. The van der Waals surface area contributed by atoms with Gasteiger partial charge in [0.2, 0.25) is 0 Å². The Balaban J connectivity index is 1.56. The lowest BCUT2D eigenvalue weighted by Gasteiger charge is -2.23. The third-order valence-corrected chi connectivity index (χ3v) is 6.92. The van der Waals surface area contributed by atoms with Crippen LogP contribution < -0.4 is 22.3 Å². The van der Waals surface area contributed by atoms with Crippen LogP contribution in [-0.2, 0) is 25.6 Å². The third-order valence-electron chi connectivity index (χ3n) is 5.76. The van der Waals surface area contributed by atoms with E-state index in [1.165, 1.54) is 40.7 Å². The smallest absolute Gasteiger partial charge is 0.405 e. The third kappa shape index (κ3) is 4.96. The van der Waals surface area contributed by atoms with Gasteiger partial charge in [-0.2, -0.15) is 13.2 Å². The van der Waals surface area contributed by atoms with Gasteiger partial charge < -0.3 is 16.8 Å². The van der Waals surface area contributed by atoms with Gasteiger partial charge in [0.05, 0.1) is 23.8 Å². The van der Waals surface area contributed by atoms with E-state index in [1.807, 2.05) is 0 Å². The highest BCUT2D eigenvalue weighted by Gasteiger charge is 2.30. The number of aryl methyl sites for hydroxylation is 1. The highest BCUT2D eigenvalue weighted by molar-refractivity contribution is 7.18. The fraction of sp³-hybridized carbons (Fsp3) is 0.304. The highest BCUT2D eigenvalue weighted by Crippen LogP contribution is 2.34. The minimum atomic E-state index is -4.43. The zero-order valence-corrected chi connectivity index (χ0v) is 18.5. The number of nitrogens with zero attached hydrogens (tertiary/aromatic N) is 2. The summed E-state index contributed by atoms with van der Waals surface area (Å²) in [5.74, 6) is 0. The Kier molecular flexibility index (Phi) is 6.57. The number of nitrogens with one attached hydrogen (secondary N) is 1. The quantitative estimate of drug-likeness (QED) is 0.475. The normalized spacial score (nSPS) is 17.1. The van der Waals surface area contributed by atoms with Crippen LogP contribution in [0.15, 0.2) is 59.4 Å². The Labute approximate surface area is 192 Å². The molecule has 5 N–H and O–H groups in total. The minimum Gasteiger partial charge on any atom is -0.405 e. The van der Waals surface area contributed by atoms with Crippen molar-refractivity contribution in [3.05, 3.63) is 86.6 Å². The summed E-state index contributed by atoms with van der Waals surface area (Å²) in [6.45, 7) is 0.625. The molecule has 0 radical (unpaired) electrons. The van der Waals surface area contributed by atoms with Crippen molar-refractivity contribution in [2.75, 3.05) is 6.54 Å². The first-order valence-electron chi connectivity index (χ1n) is 10.5. The van der Waals surface area contributed by atoms with Crippen LogP contribution in [0.25, 0.3) is 10.2 Å². The van der Waals surface area contributed by atoms with E-state index in [2.05, 4.69) is 10.3 Å². The number of aromatic nitrogens is 2. The zero-order chi connectivity index (χ0) is 23.6. The number of benzene rings is 1. The molecule has 0 bridgehead atoms. The predicted molar refractivity (Wildman–Crippen MR) is 124 cm³/mol. The van der Waals surface area contributed by atoms with Gasteiger partial charge in [0.1, 0.15) is 4.83 Å². The monoisotopic (exact) mass is 475 g/mol. The number of halogens is 3. The van der Waals surface area contributed by atoms with E-state index in [4.69, 9.17) is 11.5 Å². The van der Waals surface area contributed by atoms with Gasteiger partial charge >= 0.3 is 6.18 Å². The summed E-state index contributed by atoms with van der Waals surface area (Å²) in [5.41, 5.74) is 12.4. The van der Waals surface area contributed by atoms with Crippen molar-refractivity contribution in [1.29, 1.82) is 0 Å². The number of nitrogens with two attached hydrogens (primary N) is 2. The molecule has 0 spiro atoms. The molecule has 10 heteroatoms. The number of hydrogen-bond donors (Lipinski definition) is 3. The number of rotatable bonds is 6. The van der Waals surface area contributed by atoms with Crippen molar-refractivity contribution in [3.63, 3.8) is 0 Å². The summed E-state index contributed by atoms with van der Waals surface area (Å²) in [5, 5.41) is 4.05. The Morgan fingerprint density at radius 2 is 2.15 bits per heavy atom. The first-order chi connectivity index (χ1) is 15.8. The van der Waals surface area contributed by atoms with E-state index in [9.17, 15) is 18.0 Å². The first kappa shape index (κ1) is 23.1. The molecule has 2 aromatic heterocycles. The molecule has 0 saturated heterocycles. The van der Waals surface area contributed by atoms with Crippen molar-refractivity contribution in [1.82, 2.24) is 14.9 Å². The molecule has 0 saturated carbocycles. The molecule has 0 amide bonds. The van der Waals surface area contributed by atoms with Gasteiger partial charge in [-0.15, -0.1) is 11.3 Å². The average Bonchev–Trinajstić information content (AvgIpc) is 3.16. The van der Waals surface area contributed by atoms with E-state index in [1.54, 1.807) is 12.1 Å². The summed E-state index contributed by atoms with van der Waals surface area (Å²) in [6, 6.07) is 5.25. The Bertz CT molecular complexity index is 1280.